The second kappa shape index (κ2) is 9.41. The Hall–Kier alpha value is -3.54. The molecule has 0 saturated heterocycles. The van der Waals surface area contributed by atoms with Crippen molar-refractivity contribution in [3.05, 3.63) is 72.4 Å². The first-order valence-corrected chi connectivity index (χ1v) is 8.96. The van der Waals surface area contributed by atoms with E-state index in [2.05, 4.69) is 10.3 Å². The number of para-hydroxylation sites is 2. The zero-order chi connectivity index (χ0) is 19.8. The fourth-order valence-electron chi connectivity index (χ4n) is 2.59. The van der Waals surface area contributed by atoms with Gasteiger partial charge in [0.15, 0.2) is 11.5 Å². The van der Waals surface area contributed by atoms with Crippen LogP contribution in [0.3, 0.4) is 0 Å². The molecule has 0 fully saturated rings. The van der Waals surface area contributed by atoms with E-state index < -0.39 is 0 Å². The topological polar surface area (TPSA) is 69.7 Å². The third kappa shape index (κ3) is 5.23. The molecule has 28 heavy (non-hydrogen) atoms. The number of rotatable bonds is 8. The lowest BCUT2D eigenvalue weighted by atomic mass is 10.1. The minimum absolute atomic E-state index is 0.121. The predicted octanol–water partition coefficient (Wildman–Crippen LogP) is 4.46. The second-order valence-corrected chi connectivity index (χ2v) is 5.94. The van der Waals surface area contributed by atoms with Gasteiger partial charge in [-0.3, -0.25) is 4.79 Å². The van der Waals surface area contributed by atoms with Crippen LogP contribution in [0.25, 0.3) is 0 Å². The number of aromatic nitrogens is 1. The van der Waals surface area contributed by atoms with E-state index in [1.54, 1.807) is 31.5 Å². The van der Waals surface area contributed by atoms with Gasteiger partial charge < -0.3 is 19.5 Å². The highest BCUT2D eigenvalue weighted by Crippen LogP contribution is 2.30. The van der Waals surface area contributed by atoms with Crippen molar-refractivity contribution in [1.29, 1.82) is 0 Å². The minimum atomic E-state index is -0.121. The van der Waals surface area contributed by atoms with Gasteiger partial charge in [0.25, 0.3) is 0 Å². The Bertz CT molecular complexity index is 909. The van der Waals surface area contributed by atoms with Crippen LogP contribution in [0.5, 0.6) is 23.1 Å². The van der Waals surface area contributed by atoms with E-state index in [-0.39, 0.29) is 12.3 Å². The molecule has 0 saturated carbocycles. The monoisotopic (exact) mass is 378 g/mol. The number of hydrogen-bond donors (Lipinski definition) is 1. The number of hydrogen-bond acceptors (Lipinski definition) is 5. The summed E-state index contributed by atoms with van der Waals surface area (Å²) in [6, 6.07) is 18.2. The number of carbonyl (C=O) groups excluding carboxylic acids is 1. The lowest BCUT2D eigenvalue weighted by molar-refractivity contribution is -0.115. The second-order valence-electron chi connectivity index (χ2n) is 5.94. The quantitative estimate of drug-likeness (QED) is 0.627. The molecule has 1 amide bonds. The Kier molecular flexibility index (Phi) is 6.46. The molecule has 0 atom stereocenters. The van der Waals surface area contributed by atoms with Gasteiger partial charge in [0.1, 0.15) is 5.75 Å². The molecule has 1 aromatic heterocycles. The summed E-state index contributed by atoms with van der Waals surface area (Å²) >= 11 is 0. The Morgan fingerprint density at radius 3 is 2.39 bits per heavy atom. The van der Waals surface area contributed by atoms with Crippen LogP contribution in [0.2, 0.25) is 0 Å². The summed E-state index contributed by atoms with van der Waals surface area (Å²) in [5.74, 6) is 2.28. The smallest absolute Gasteiger partial charge is 0.228 e. The summed E-state index contributed by atoms with van der Waals surface area (Å²) in [7, 11) is 1.58. The summed E-state index contributed by atoms with van der Waals surface area (Å²) in [4.78, 5) is 16.5. The highest BCUT2D eigenvalue weighted by molar-refractivity contribution is 5.92. The molecule has 144 valence electrons. The normalized spacial score (nSPS) is 10.2. The SMILES string of the molecule is CCOc1ccc(CC(=O)Nc2ccc(Oc3ccccc3OC)nc2)cc1. The molecule has 0 aliphatic carbocycles. The van der Waals surface area contributed by atoms with E-state index in [4.69, 9.17) is 14.2 Å². The van der Waals surface area contributed by atoms with Crippen molar-refractivity contribution < 1.29 is 19.0 Å². The summed E-state index contributed by atoms with van der Waals surface area (Å²) in [6.45, 7) is 2.55. The van der Waals surface area contributed by atoms with Crippen molar-refractivity contribution in [2.75, 3.05) is 19.0 Å². The van der Waals surface area contributed by atoms with E-state index in [1.807, 2.05) is 49.4 Å². The number of amides is 1. The molecule has 3 aromatic rings. The van der Waals surface area contributed by atoms with Crippen LogP contribution in [0.15, 0.2) is 66.9 Å². The Morgan fingerprint density at radius 2 is 1.75 bits per heavy atom. The molecule has 0 spiro atoms. The lowest BCUT2D eigenvalue weighted by Gasteiger charge is -2.10. The van der Waals surface area contributed by atoms with Gasteiger partial charge in [0, 0.05) is 6.07 Å². The molecule has 1 N–H and O–H groups in total. The number of benzene rings is 2. The van der Waals surface area contributed by atoms with Crippen molar-refractivity contribution >= 4 is 11.6 Å². The van der Waals surface area contributed by atoms with E-state index >= 15 is 0 Å². The molecule has 0 aliphatic heterocycles. The van der Waals surface area contributed by atoms with Crippen molar-refractivity contribution in [2.45, 2.75) is 13.3 Å². The van der Waals surface area contributed by atoms with Gasteiger partial charge in [0.2, 0.25) is 11.8 Å². The molecule has 0 aliphatic rings. The number of methoxy groups -OCH3 is 1. The van der Waals surface area contributed by atoms with Crippen LogP contribution in [0.1, 0.15) is 12.5 Å². The highest BCUT2D eigenvalue weighted by atomic mass is 16.5. The maximum atomic E-state index is 12.2. The molecular formula is C22H22N2O4. The first kappa shape index (κ1) is 19.2. The predicted molar refractivity (Wildman–Crippen MR) is 107 cm³/mol. The van der Waals surface area contributed by atoms with Crippen LogP contribution < -0.4 is 19.5 Å². The van der Waals surface area contributed by atoms with Crippen LogP contribution in [0.4, 0.5) is 5.69 Å². The Labute approximate surface area is 164 Å². The number of carbonyl (C=O) groups is 1. The molecule has 2 aromatic carbocycles. The molecule has 6 heteroatoms. The van der Waals surface area contributed by atoms with Gasteiger partial charge in [-0.1, -0.05) is 24.3 Å². The Balaban J connectivity index is 1.57. The van der Waals surface area contributed by atoms with E-state index in [0.29, 0.717) is 29.7 Å². The molecule has 0 radical (unpaired) electrons. The first-order chi connectivity index (χ1) is 13.7. The highest BCUT2D eigenvalue weighted by Gasteiger charge is 2.08. The van der Waals surface area contributed by atoms with Gasteiger partial charge in [0.05, 0.1) is 32.0 Å². The van der Waals surface area contributed by atoms with Crippen LogP contribution in [-0.4, -0.2) is 24.6 Å². The van der Waals surface area contributed by atoms with Crippen LogP contribution >= 0.6 is 0 Å². The van der Waals surface area contributed by atoms with Gasteiger partial charge in [-0.25, -0.2) is 4.98 Å². The number of pyridine rings is 1. The third-order valence-electron chi connectivity index (χ3n) is 3.90. The van der Waals surface area contributed by atoms with Crippen molar-refractivity contribution in [1.82, 2.24) is 4.98 Å². The molecule has 0 unspecified atom stereocenters. The van der Waals surface area contributed by atoms with Crippen molar-refractivity contribution in [3.8, 4) is 23.1 Å². The maximum absolute atomic E-state index is 12.2. The number of anilines is 1. The van der Waals surface area contributed by atoms with Gasteiger partial charge in [-0.2, -0.15) is 0 Å². The fourth-order valence-corrected chi connectivity index (χ4v) is 2.59. The fraction of sp³-hybridized carbons (Fsp3) is 0.182. The Morgan fingerprint density at radius 1 is 1.00 bits per heavy atom. The maximum Gasteiger partial charge on any atom is 0.228 e. The van der Waals surface area contributed by atoms with Crippen molar-refractivity contribution in [2.24, 2.45) is 0 Å². The largest absolute Gasteiger partial charge is 0.494 e. The summed E-state index contributed by atoms with van der Waals surface area (Å²) in [6.07, 6.45) is 1.83. The zero-order valence-corrected chi connectivity index (χ0v) is 15.8. The first-order valence-electron chi connectivity index (χ1n) is 8.96. The minimum Gasteiger partial charge on any atom is -0.494 e. The summed E-state index contributed by atoms with van der Waals surface area (Å²) < 4.78 is 16.4. The number of ether oxygens (including phenoxy) is 3. The molecule has 1 heterocycles. The number of nitrogens with one attached hydrogen (secondary N) is 1. The zero-order valence-electron chi connectivity index (χ0n) is 15.8. The van der Waals surface area contributed by atoms with E-state index in [0.717, 1.165) is 11.3 Å². The van der Waals surface area contributed by atoms with Crippen LogP contribution in [0, 0.1) is 0 Å². The molecule has 3 rings (SSSR count). The summed E-state index contributed by atoms with van der Waals surface area (Å²) in [5.41, 5.74) is 1.51. The number of nitrogens with zero attached hydrogens (tertiary/aromatic N) is 1. The molecular weight excluding hydrogens is 356 g/mol. The average Bonchev–Trinajstić information content (AvgIpc) is 2.71. The lowest BCUT2D eigenvalue weighted by Crippen LogP contribution is -2.14. The third-order valence-corrected chi connectivity index (χ3v) is 3.90. The van der Waals surface area contributed by atoms with E-state index in [1.165, 1.54) is 0 Å². The van der Waals surface area contributed by atoms with E-state index in [9.17, 15) is 4.79 Å². The molecule has 0 bridgehead atoms. The van der Waals surface area contributed by atoms with Crippen LogP contribution in [-0.2, 0) is 11.2 Å². The average molecular weight is 378 g/mol. The molecule has 6 nitrogen and oxygen atoms in total. The summed E-state index contributed by atoms with van der Waals surface area (Å²) in [5, 5.41) is 2.83. The van der Waals surface area contributed by atoms with Gasteiger partial charge >= 0.3 is 0 Å². The van der Waals surface area contributed by atoms with Gasteiger partial charge in [-0.05, 0) is 42.8 Å². The van der Waals surface area contributed by atoms with Crippen molar-refractivity contribution in [3.63, 3.8) is 0 Å². The standard InChI is InChI=1S/C22H22N2O4/c1-3-27-18-11-8-16(9-12-18)14-21(25)24-17-10-13-22(23-15-17)28-20-7-5-4-6-19(20)26-2/h4-13,15H,3,14H2,1-2H3,(H,24,25). The van der Waals surface area contributed by atoms with Gasteiger partial charge in [-0.15, -0.1) is 0 Å².